The molecule has 0 saturated carbocycles. The number of hydrogen-bond acceptors (Lipinski definition) is 10. The maximum absolute atomic E-state index is 12.1. The number of halogens is 1. The van der Waals surface area contributed by atoms with Crippen molar-refractivity contribution in [3.63, 3.8) is 0 Å². The number of unbranched alkanes of at least 4 members (excludes halogenated alkanes) is 2. The molecule has 55 heavy (non-hydrogen) atoms. The molecule has 3 atom stereocenters. The number of aryl methyl sites for hydroxylation is 2. The van der Waals surface area contributed by atoms with Crippen LogP contribution in [-0.2, 0) is 46.2 Å². The highest BCUT2D eigenvalue weighted by molar-refractivity contribution is 8.00. The lowest BCUT2D eigenvalue weighted by molar-refractivity contribution is -0.139. The topological polar surface area (TPSA) is 119 Å². The third kappa shape index (κ3) is 14.7. The largest absolute Gasteiger partial charge is 0.460 e. The van der Waals surface area contributed by atoms with Crippen LogP contribution in [-0.4, -0.2) is 119 Å². The summed E-state index contributed by atoms with van der Waals surface area (Å²) in [6.07, 6.45) is 11.5. The molecular weight excluding hydrogens is 740 g/mol. The van der Waals surface area contributed by atoms with Gasteiger partial charge in [-0.05, 0) is 81.4 Å². The highest BCUT2D eigenvalue weighted by atomic mass is 35.5. The molecule has 2 amide bonds. The van der Waals surface area contributed by atoms with E-state index < -0.39 is 0 Å². The highest BCUT2D eigenvalue weighted by Gasteiger charge is 2.42. The molecule has 0 aliphatic carbocycles. The molecule has 11 nitrogen and oxygen atoms in total. The number of esters is 1. The van der Waals surface area contributed by atoms with Gasteiger partial charge in [0.2, 0.25) is 11.8 Å². The highest BCUT2D eigenvalue weighted by Crippen LogP contribution is 2.41. The fourth-order valence-corrected chi connectivity index (χ4v) is 9.22. The second-order valence-electron chi connectivity index (χ2n) is 14.4. The van der Waals surface area contributed by atoms with Gasteiger partial charge in [0.15, 0.2) is 0 Å². The number of carbonyl (C=O) groups is 3. The van der Waals surface area contributed by atoms with Gasteiger partial charge in [-0.3, -0.25) is 9.59 Å². The number of benzene rings is 2. The number of anilines is 2. The monoisotopic (exact) mass is 798 g/mol. The van der Waals surface area contributed by atoms with Gasteiger partial charge in [-0.1, -0.05) is 48.4 Å². The van der Waals surface area contributed by atoms with E-state index >= 15 is 0 Å². The minimum Gasteiger partial charge on any atom is -0.460 e. The van der Waals surface area contributed by atoms with Crippen molar-refractivity contribution in [2.75, 3.05) is 90.1 Å². The summed E-state index contributed by atoms with van der Waals surface area (Å²) in [5, 5.41) is 7.27. The molecule has 3 aliphatic rings. The van der Waals surface area contributed by atoms with Crippen molar-refractivity contribution in [2.24, 2.45) is 5.92 Å². The predicted octanol–water partition coefficient (Wildman–Crippen LogP) is 5.73. The van der Waals surface area contributed by atoms with E-state index in [1.54, 1.807) is 0 Å². The molecule has 0 aromatic heterocycles. The zero-order valence-corrected chi connectivity index (χ0v) is 33.9. The van der Waals surface area contributed by atoms with Crippen molar-refractivity contribution in [1.82, 2.24) is 15.5 Å². The van der Waals surface area contributed by atoms with Crippen molar-refractivity contribution < 1.29 is 33.3 Å². The summed E-state index contributed by atoms with van der Waals surface area (Å²) < 4.78 is 21.8. The van der Waals surface area contributed by atoms with E-state index in [1.165, 1.54) is 28.6 Å². The lowest BCUT2D eigenvalue weighted by Crippen LogP contribution is -2.29. The van der Waals surface area contributed by atoms with Crippen LogP contribution in [0.1, 0.15) is 56.1 Å². The summed E-state index contributed by atoms with van der Waals surface area (Å²) in [6, 6.07) is 15.2. The van der Waals surface area contributed by atoms with Crippen LogP contribution in [0.15, 0.2) is 54.6 Å². The number of ether oxygens (including phenoxy) is 4. The van der Waals surface area contributed by atoms with Crippen molar-refractivity contribution in [3.8, 4) is 0 Å². The van der Waals surface area contributed by atoms with Crippen molar-refractivity contribution in [3.05, 3.63) is 70.8 Å². The molecule has 0 spiro atoms. The number of amides is 2. The van der Waals surface area contributed by atoms with Gasteiger partial charge < -0.3 is 39.4 Å². The summed E-state index contributed by atoms with van der Waals surface area (Å²) >= 11 is 8.37. The Hall–Kier alpha value is -3.13. The summed E-state index contributed by atoms with van der Waals surface area (Å²) in [5.74, 6) is 1.34. The number of hydrogen-bond donors (Lipinski definition) is 2. The molecule has 3 heterocycles. The molecular formula is C42H59ClN4O7S. The first kappa shape index (κ1) is 43.0. The second-order valence-corrected chi connectivity index (χ2v) is 16.1. The summed E-state index contributed by atoms with van der Waals surface area (Å²) in [4.78, 5) is 40.4. The number of carbonyl (C=O) groups excluding carboxylic acids is 3. The Kier molecular flexibility index (Phi) is 18.6. The maximum atomic E-state index is 12.1. The predicted molar refractivity (Wildman–Crippen MR) is 219 cm³/mol. The Balaban J connectivity index is 0.790. The van der Waals surface area contributed by atoms with Crippen molar-refractivity contribution in [1.29, 1.82) is 0 Å². The van der Waals surface area contributed by atoms with E-state index in [4.69, 9.17) is 30.5 Å². The van der Waals surface area contributed by atoms with Crippen LogP contribution in [0, 0.1) is 5.92 Å². The smallest absolute Gasteiger partial charge is 0.330 e. The van der Waals surface area contributed by atoms with Gasteiger partial charge in [-0.25, -0.2) is 4.79 Å². The minimum atomic E-state index is -0.378. The van der Waals surface area contributed by atoms with Crippen LogP contribution in [0.4, 0.5) is 11.4 Å². The normalized spacial score (nSPS) is 18.9. The number of nitrogens with one attached hydrogen (secondary N) is 2. The Morgan fingerprint density at radius 2 is 1.69 bits per heavy atom. The van der Waals surface area contributed by atoms with Crippen LogP contribution in [0.5, 0.6) is 0 Å². The maximum Gasteiger partial charge on any atom is 0.330 e. The summed E-state index contributed by atoms with van der Waals surface area (Å²) in [7, 11) is 2.06. The van der Waals surface area contributed by atoms with Crippen LogP contribution in [0.25, 0.3) is 0 Å². The third-order valence-corrected chi connectivity index (χ3v) is 12.1. The van der Waals surface area contributed by atoms with Gasteiger partial charge in [0, 0.05) is 77.9 Å². The number of rotatable bonds is 25. The van der Waals surface area contributed by atoms with E-state index in [0.717, 1.165) is 68.8 Å². The molecule has 3 aliphatic heterocycles. The lowest BCUT2D eigenvalue weighted by Gasteiger charge is -2.27. The van der Waals surface area contributed by atoms with Gasteiger partial charge in [0.25, 0.3) is 0 Å². The minimum absolute atomic E-state index is 0.0485. The molecule has 2 aromatic carbocycles. The van der Waals surface area contributed by atoms with Crippen LogP contribution in [0.3, 0.4) is 0 Å². The molecule has 2 fully saturated rings. The molecule has 0 bridgehead atoms. The molecule has 2 N–H and O–H groups in total. The number of para-hydroxylation sites is 1. The van der Waals surface area contributed by atoms with Crippen LogP contribution < -0.4 is 15.5 Å². The fraction of sp³-hybridized carbons (Fsp3) is 0.595. The van der Waals surface area contributed by atoms with E-state index in [2.05, 4.69) is 63.9 Å². The first-order valence-corrected chi connectivity index (χ1v) is 21.4. The summed E-state index contributed by atoms with van der Waals surface area (Å²) in [6.45, 7) is 5.58. The fourth-order valence-electron chi connectivity index (χ4n) is 7.40. The SMILES string of the molecule is CN(C/C=C/C(=O)OCCOCCOCCOCCNC(=O)CCCC[C@@H]1SC[C@@H]2NC(=O)C[C@@H]21)CCCCN1c2ccccc2CCc2ccc(Cl)cc21. The zero-order chi connectivity index (χ0) is 38.7. The van der Waals surface area contributed by atoms with Crippen molar-refractivity contribution >= 4 is 52.5 Å². The molecule has 302 valence electrons. The van der Waals surface area contributed by atoms with Gasteiger partial charge in [-0.2, -0.15) is 11.8 Å². The van der Waals surface area contributed by atoms with Gasteiger partial charge in [0.05, 0.1) is 39.6 Å². The Labute approximate surface area is 336 Å². The number of fused-ring (bicyclic) bond motifs is 3. The Morgan fingerprint density at radius 3 is 2.51 bits per heavy atom. The Morgan fingerprint density at radius 1 is 0.945 bits per heavy atom. The van der Waals surface area contributed by atoms with Gasteiger partial charge in [0.1, 0.15) is 6.61 Å². The second kappa shape index (κ2) is 23.8. The standard InChI is InChI=1S/C42H59ClN4O7S/c1-46(19-6-7-21-47-37-10-3-2-9-32(37)14-15-33-16-17-34(43)29-38(33)47)20-8-13-42(50)54-28-27-53-26-25-52-24-23-51-22-18-44-40(48)12-5-4-11-39-35-30-41(49)45-36(35)31-55-39/h2-3,8-10,13,16-17,29,35-36,39H,4-7,11-12,14-15,18-28,30-31H2,1H3,(H,44,48)(H,45,49)/b13-8+/t35-,36-,39-/m0/s1. The van der Waals surface area contributed by atoms with E-state index in [9.17, 15) is 14.4 Å². The number of thioether (sulfide) groups is 1. The van der Waals surface area contributed by atoms with Gasteiger partial charge in [-0.15, -0.1) is 0 Å². The molecule has 0 unspecified atom stereocenters. The average Bonchev–Trinajstić information content (AvgIpc) is 3.69. The zero-order valence-electron chi connectivity index (χ0n) is 32.3. The number of likely N-dealkylation sites (N-methyl/N-ethyl adjacent to an activating group) is 1. The molecule has 2 aromatic rings. The Bertz CT molecular complexity index is 1550. The first-order valence-electron chi connectivity index (χ1n) is 19.9. The quantitative estimate of drug-likeness (QED) is 0.0733. The molecule has 13 heteroatoms. The van der Waals surface area contributed by atoms with E-state index in [0.29, 0.717) is 82.8 Å². The van der Waals surface area contributed by atoms with E-state index in [1.807, 2.05) is 23.9 Å². The first-order chi connectivity index (χ1) is 26.9. The molecule has 5 rings (SSSR count). The molecule has 0 radical (unpaired) electrons. The van der Waals surface area contributed by atoms with Crippen LogP contribution >= 0.6 is 23.4 Å². The molecule has 2 saturated heterocycles. The lowest BCUT2D eigenvalue weighted by atomic mass is 9.94. The van der Waals surface area contributed by atoms with Crippen molar-refractivity contribution in [2.45, 2.75) is 69.1 Å². The van der Waals surface area contributed by atoms with E-state index in [-0.39, 0.29) is 24.4 Å². The summed E-state index contributed by atoms with van der Waals surface area (Å²) in [5.41, 5.74) is 5.19. The average molecular weight is 799 g/mol. The van der Waals surface area contributed by atoms with Gasteiger partial charge >= 0.3 is 5.97 Å². The number of nitrogens with zero attached hydrogens (tertiary/aromatic N) is 2. The van der Waals surface area contributed by atoms with Crippen LogP contribution in [0.2, 0.25) is 5.02 Å². The third-order valence-electron chi connectivity index (χ3n) is 10.3.